The maximum atomic E-state index is 14.3. The Morgan fingerprint density at radius 1 is 1.29 bits per heavy atom. The van der Waals surface area contributed by atoms with Gasteiger partial charge in [-0.3, -0.25) is 4.79 Å². The molecule has 112 valence electrons. The predicted molar refractivity (Wildman–Crippen MR) is 81.0 cm³/mol. The largest absolute Gasteiger partial charge is 0.481 e. The second-order valence-electron chi connectivity index (χ2n) is 5.52. The molecule has 0 saturated carbocycles. The Morgan fingerprint density at radius 3 is 2.48 bits per heavy atom. The maximum Gasteiger partial charge on any atom is 0.308 e. The molecule has 2 N–H and O–H groups in total. The zero-order valence-electron chi connectivity index (χ0n) is 12.1. The highest BCUT2D eigenvalue weighted by Crippen LogP contribution is 2.34. The van der Waals surface area contributed by atoms with Crippen molar-refractivity contribution in [3.05, 3.63) is 45.4 Å². The van der Waals surface area contributed by atoms with Crippen molar-refractivity contribution in [1.29, 1.82) is 0 Å². The molecule has 0 amide bonds. The molecule has 0 saturated heterocycles. The van der Waals surface area contributed by atoms with E-state index < -0.39 is 17.4 Å². The van der Waals surface area contributed by atoms with Crippen molar-refractivity contribution in [2.24, 2.45) is 0 Å². The lowest BCUT2D eigenvalue weighted by Crippen LogP contribution is -2.15. The zero-order chi connectivity index (χ0) is 15.8. The first kappa shape index (κ1) is 15.7. The Hall–Kier alpha value is -1.72. The average molecular weight is 308 g/mol. The molecule has 5 heteroatoms. The second-order valence-corrected chi connectivity index (χ2v) is 6.86. The van der Waals surface area contributed by atoms with Crippen molar-refractivity contribution in [3.63, 3.8) is 0 Å². The van der Waals surface area contributed by atoms with Crippen LogP contribution in [0.25, 0.3) is 11.1 Å². The van der Waals surface area contributed by atoms with E-state index in [1.165, 1.54) is 17.4 Å². The van der Waals surface area contributed by atoms with Gasteiger partial charge in [0, 0.05) is 15.3 Å². The fourth-order valence-corrected chi connectivity index (χ4v) is 3.21. The molecule has 1 heterocycles. The van der Waals surface area contributed by atoms with Crippen molar-refractivity contribution >= 4 is 17.3 Å². The first-order valence-electron chi connectivity index (χ1n) is 6.52. The normalized spacial score (nSPS) is 11.7. The van der Waals surface area contributed by atoms with Crippen molar-refractivity contribution in [1.82, 2.24) is 0 Å². The van der Waals surface area contributed by atoms with E-state index in [1.807, 2.05) is 6.92 Å². The molecule has 0 atom stereocenters. The Balaban J connectivity index is 2.50. The Bertz CT molecular complexity index is 683. The summed E-state index contributed by atoms with van der Waals surface area (Å²) in [5, 5.41) is 18.9. The number of carbonyl (C=O) groups is 1. The van der Waals surface area contributed by atoms with Gasteiger partial charge in [0.25, 0.3) is 0 Å². The van der Waals surface area contributed by atoms with Crippen LogP contribution < -0.4 is 0 Å². The third-order valence-corrected chi connectivity index (χ3v) is 4.26. The predicted octanol–water partition coefficient (Wildman–Crippen LogP) is 3.72. The van der Waals surface area contributed by atoms with E-state index >= 15 is 0 Å². The summed E-state index contributed by atoms with van der Waals surface area (Å²) in [5.74, 6) is -1.40. The van der Waals surface area contributed by atoms with E-state index in [9.17, 15) is 14.3 Å². The van der Waals surface area contributed by atoms with Crippen LogP contribution in [-0.2, 0) is 16.8 Å². The number of halogens is 1. The Kier molecular flexibility index (Phi) is 4.16. The molecule has 0 aliphatic rings. The number of benzene rings is 1. The Labute approximate surface area is 126 Å². The number of hydrogen-bond donors (Lipinski definition) is 2. The molecule has 1 aromatic carbocycles. The summed E-state index contributed by atoms with van der Waals surface area (Å²) in [6.07, 6.45) is -0.124. The van der Waals surface area contributed by atoms with Gasteiger partial charge in [0.15, 0.2) is 0 Å². The molecular weight excluding hydrogens is 291 g/mol. The van der Waals surface area contributed by atoms with Crippen molar-refractivity contribution in [3.8, 4) is 11.1 Å². The van der Waals surface area contributed by atoms with Gasteiger partial charge in [0.05, 0.1) is 12.0 Å². The van der Waals surface area contributed by atoms with Crippen LogP contribution in [0.15, 0.2) is 24.3 Å². The van der Waals surface area contributed by atoms with Crippen molar-refractivity contribution in [2.75, 3.05) is 0 Å². The lowest BCUT2D eigenvalue weighted by molar-refractivity contribution is -0.136. The monoisotopic (exact) mass is 308 g/mol. The lowest BCUT2D eigenvalue weighted by Gasteiger charge is -2.18. The number of aryl methyl sites for hydroxylation is 1. The summed E-state index contributed by atoms with van der Waals surface area (Å²) in [6, 6.07) is 6.35. The first-order chi connectivity index (χ1) is 9.68. The quantitative estimate of drug-likeness (QED) is 0.905. The van der Waals surface area contributed by atoms with Gasteiger partial charge in [0.2, 0.25) is 0 Å². The molecule has 0 spiro atoms. The number of thiophene rings is 1. The number of hydrogen-bond acceptors (Lipinski definition) is 3. The summed E-state index contributed by atoms with van der Waals surface area (Å²) in [7, 11) is 0. The smallest absolute Gasteiger partial charge is 0.308 e. The summed E-state index contributed by atoms with van der Waals surface area (Å²) in [6.45, 7) is 5.04. The third-order valence-electron chi connectivity index (χ3n) is 3.21. The van der Waals surface area contributed by atoms with Crippen LogP contribution >= 0.6 is 11.3 Å². The van der Waals surface area contributed by atoms with E-state index in [-0.39, 0.29) is 6.42 Å². The van der Waals surface area contributed by atoms with Crippen LogP contribution in [0.4, 0.5) is 4.39 Å². The minimum absolute atomic E-state index is 0.124. The average Bonchev–Trinajstić information content (AvgIpc) is 2.67. The topological polar surface area (TPSA) is 57.5 Å². The van der Waals surface area contributed by atoms with Crippen LogP contribution in [0.2, 0.25) is 0 Å². The molecule has 2 rings (SSSR count). The third kappa shape index (κ3) is 3.49. The minimum atomic E-state index is -1.12. The lowest BCUT2D eigenvalue weighted by atomic mass is 9.95. The first-order valence-corrected chi connectivity index (χ1v) is 7.34. The number of carboxylic acid groups (broad SMARTS) is 1. The standard InChI is InChI=1S/C16H17FO3S/c1-9-6-12(14(21-9)8-15(18)19)11-5-4-10(7-13(11)17)16(2,3)20/h4-7,20H,8H2,1-3H3,(H,18,19). The number of rotatable bonds is 4. The number of aliphatic hydroxyl groups is 1. The van der Waals surface area contributed by atoms with Crippen molar-refractivity contribution in [2.45, 2.75) is 32.8 Å². The molecular formula is C16H17FO3S. The second kappa shape index (κ2) is 5.58. The van der Waals surface area contributed by atoms with E-state index in [1.54, 1.807) is 32.0 Å². The fourth-order valence-electron chi connectivity index (χ4n) is 2.17. The van der Waals surface area contributed by atoms with E-state index in [0.29, 0.717) is 21.6 Å². The molecule has 0 bridgehead atoms. The SMILES string of the molecule is Cc1cc(-c2ccc(C(C)(C)O)cc2F)c(CC(=O)O)s1. The molecule has 0 aliphatic carbocycles. The van der Waals surface area contributed by atoms with Gasteiger partial charge in [-0.25, -0.2) is 4.39 Å². The molecule has 0 unspecified atom stereocenters. The van der Waals surface area contributed by atoms with Gasteiger partial charge >= 0.3 is 5.97 Å². The van der Waals surface area contributed by atoms with Crippen LogP contribution in [-0.4, -0.2) is 16.2 Å². The maximum absolute atomic E-state index is 14.3. The molecule has 2 aromatic rings. The summed E-state index contributed by atoms with van der Waals surface area (Å²) >= 11 is 1.36. The van der Waals surface area contributed by atoms with E-state index in [0.717, 1.165) is 4.88 Å². The van der Waals surface area contributed by atoms with Gasteiger partial charge in [-0.15, -0.1) is 11.3 Å². The molecule has 0 aliphatic heterocycles. The van der Waals surface area contributed by atoms with Gasteiger partial charge in [-0.05, 0) is 44.0 Å². The summed E-state index contributed by atoms with van der Waals surface area (Å²) < 4.78 is 14.3. The highest BCUT2D eigenvalue weighted by atomic mass is 32.1. The zero-order valence-corrected chi connectivity index (χ0v) is 12.9. The van der Waals surface area contributed by atoms with E-state index in [2.05, 4.69) is 0 Å². The number of aliphatic carboxylic acids is 1. The van der Waals surface area contributed by atoms with Gasteiger partial charge in [0.1, 0.15) is 5.82 Å². The van der Waals surface area contributed by atoms with Crippen LogP contribution in [0.1, 0.15) is 29.2 Å². The molecule has 0 radical (unpaired) electrons. The molecule has 0 fully saturated rings. The van der Waals surface area contributed by atoms with Gasteiger partial charge in [-0.2, -0.15) is 0 Å². The van der Waals surface area contributed by atoms with Crippen LogP contribution in [0.5, 0.6) is 0 Å². The minimum Gasteiger partial charge on any atom is -0.481 e. The van der Waals surface area contributed by atoms with Gasteiger partial charge in [-0.1, -0.05) is 12.1 Å². The van der Waals surface area contributed by atoms with Gasteiger partial charge < -0.3 is 10.2 Å². The number of carboxylic acids is 1. The fraction of sp³-hybridized carbons (Fsp3) is 0.312. The van der Waals surface area contributed by atoms with Crippen LogP contribution in [0, 0.1) is 12.7 Å². The highest BCUT2D eigenvalue weighted by molar-refractivity contribution is 7.12. The van der Waals surface area contributed by atoms with E-state index in [4.69, 9.17) is 5.11 Å². The molecule has 3 nitrogen and oxygen atoms in total. The van der Waals surface area contributed by atoms with Crippen LogP contribution in [0.3, 0.4) is 0 Å². The summed E-state index contributed by atoms with van der Waals surface area (Å²) in [5.41, 5.74) is 0.340. The molecule has 21 heavy (non-hydrogen) atoms. The van der Waals surface area contributed by atoms with Crippen molar-refractivity contribution < 1.29 is 19.4 Å². The Morgan fingerprint density at radius 2 is 1.95 bits per heavy atom. The highest BCUT2D eigenvalue weighted by Gasteiger charge is 2.20. The molecule has 1 aromatic heterocycles. The summed E-state index contributed by atoms with van der Waals surface area (Å²) in [4.78, 5) is 12.5.